The molecule has 0 spiro atoms. The number of Topliss-reactive ketones (excluding diaryl/α,β-unsaturated/α-hetero) is 1. The van der Waals surface area contributed by atoms with E-state index in [9.17, 15) is 14.4 Å². The van der Waals surface area contributed by atoms with E-state index in [2.05, 4.69) is 5.32 Å². The first-order valence-electron chi connectivity index (χ1n) is 9.78. The summed E-state index contributed by atoms with van der Waals surface area (Å²) in [7, 11) is 0. The standard InChI is InChI=1S/C25H23NO4/c1-2-18-13-15-19(16-14-18)22(27)17-30-25(29)23(20-9-5-3-6-10-20)26-24(28)21-11-7-4-8-12-21/h3-16,23H,2,17H2,1H3,(H,26,28). The van der Waals surface area contributed by atoms with Crippen molar-refractivity contribution in [3.63, 3.8) is 0 Å². The van der Waals surface area contributed by atoms with Gasteiger partial charge in [0.15, 0.2) is 18.4 Å². The topological polar surface area (TPSA) is 72.5 Å². The van der Waals surface area contributed by atoms with E-state index < -0.39 is 24.5 Å². The number of ether oxygens (including phenoxy) is 1. The van der Waals surface area contributed by atoms with Gasteiger partial charge in [-0.3, -0.25) is 9.59 Å². The summed E-state index contributed by atoms with van der Waals surface area (Å²) in [4.78, 5) is 37.7. The molecule has 0 aliphatic heterocycles. The van der Waals surface area contributed by atoms with Gasteiger partial charge in [0.2, 0.25) is 0 Å². The van der Waals surface area contributed by atoms with Gasteiger partial charge in [-0.25, -0.2) is 4.79 Å². The zero-order valence-electron chi connectivity index (χ0n) is 16.7. The van der Waals surface area contributed by atoms with Gasteiger partial charge < -0.3 is 10.1 Å². The molecule has 5 nitrogen and oxygen atoms in total. The third-order valence-corrected chi connectivity index (χ3v) is 4.71. The van der Waals surface area contributed by atoms with Crippen molar-refractivity contribution in [2.24, 2.45) is 0 Å². The molecule has 0 saturated carbocycles. The van der Waals surface area contributed by atoms with Gasteiger partial charge in [0.05, 0.1) is 0 Å². The molecule has 0 saturated heterocycles. The lowest BCUT2D eigenvalue weighted by Gasteiger charge is -2.18. The predicted octanol–water partition coefficient (Wildman–Crippen LogP) is 4.15. The van der Waals surface area contributed by atoms with E-state index in [4.69, 9.17) is 4.74 Å². The number of rotatable bonds is 8. The minimum absolute atomic E-state index is 0.299. The van der Waals surface area contributed by atoms with Crippen molar-refractivity contribution >= 4 is 17.7 Å². The molecule has 0 aliphatic carbocycles. The molecule has 3 rings (SSSR count). The van der Waals surface area contributed by atoms with Crippen LogP contribution in [0.25, 0.3) is 0 Å². The molecule has 3 aromatic rings. The molecule has 0 bridgehead atoms. The van der Waals surface area contributed by atoms with E-state index in [0.717, 1.165) is 12.0 Å². The molecule has 0 heterocycles. The van der Waals surface area contributed by atoms with Crippen LogP contribution in [0.3, 0.4) is 0 Å². The highest BCUT2D eigenvalue weighted by Gasteiger charge is 2.25. The Bertz CT molecular complexity index is 998. The van der Waals surface area contributed by atoms with Gasteiger partial charge in [-0.05, 0) is 29.7 Å². The third kappa shape index (κ3) is 5.41. The van der Waals surface area contributed by atoms with Crippen LogP contribution in [0.15, 0.2) is 84.9 Å². The Kier molecular flexibility index (Phi) is 7.11. The minimum atomic E-state index is -1.02. The second-order valence-corrected chi connectivity index (χ2v) is 6.76. The molecule has 0 aromatic heterocycles. The first kappa shape index (κ1) is 21.0. The molecular weight excluding hydrogens is 378 g/mol. The fraction of sp³-hybridized carbons (Fsp3) is 0.160. The van der Waals surface area contributed by atoms with Crippen molar-refractivity contribution < 1.29 is 19.1 Å². The zero-order valence-corrected chi connectivity index (χ0v) is 16.7. The number of carbonyl (C=O) groups is 3. The fourth-order valence-electron chi connectivity index (χ4n) is 2.96. The first-order valence-corrected chi connectivity index (χ1v) is 9.78. The highest BCUT2D eigenvalue weighted by molar-refractivity contribution is 5.99. The van der Waals surface area contributed by atoms with Crippen LogP contribution < -0.4 is 5.32 Å². The number of amides is 1. The Morgan fingerprint density at radius 3 is 2.00 bits per heavy atom. The van der Waals surface area contributed by atoms with E-state index in [1.54, 1.807) is 66.7 Å². The summed E-state index contributed by atoms with van der Waals surface area (Å²) in [6.07, 6.45) is 0.878. The molecule has 5 heteroatoms. The first-order chi connectivity index (χ1) is 14.6. The van der Waals surface area contributed by atoms with Gasteiger partial charge in [0.1, 0.15) is 0 Å². The van der Waals surface area contributed by atoms with Crippen molar-refractivity contribution in [2.75, 3.05) is 6.61 Å². The van der Waals surface area contributed by atoms with Crippen LogP contribution >= 0.6 is 0 Å². The normalized spacial score (nSPS) is 11.4. The van der Waals surface area contributed by atoms with E-state index in [1.807, 2.05) is 25.1 Å². The number of hydrogen-bond acceptors (Lipinski definition) is 4. The summed E-state index contributed by atoms with van der Waals surface area (Å²) in [6, 6.07) is 23.6. The Morgan fingerprint density at radius 2 is 1.40 bits per heavy atom. The lowest BCUT2D eigenvalue weighted by Crippen LogP contribution is -2.35. The summed E-state index contributed by atoms with van der Waals surface area (Å²) in [5.74, 6) is -1.39. The number of carbonyl (C=O) groups excluding carboxylic acids is 3. The van der Waals surface area contributed by atoms with Gasteiger partial charge in [-0.2, -0.15) is 0 Å². The van der Waals surface area contributed by atoms with Gasteiger partial charge in [-0.1, -0.05) is 79.7 Å². The van der Waals surface area contributed by atoms with E-state index in [1.165, 1.54) is 0 Å². The molecule has 0 radical (unpaired) electrons. The van der Waals surface area contributed by atoms with Crippen molar-refractivity contribution in [1.82, 2.24) is 5.32 Å². The number of aryl methyl sites for hydroxylation is 1. The van der Waals surface area contributed by atoms with Crippen LogP contribution in [0.4, 0.5) is 0 Å². The Balaban J connectivity index is 1.70. The van der Waals surface area contributed by atoms with Crippen LogP contribution in [0.1, 0.15) is 44.8 Å². The molecule has 1 atom stereocenters. The summed E-state index contributed by atoms with van der Waals surface area (Å²) in [5.41, 5.74) is 2.60. The number of ketones is 1. The fourth-order valence-corrected chi connectivity index (χ4v) is 2.96. The zero-order chi connectivity index (χ0) is 21.3. The maximum Gasteiger partial charge on any atom is 0.333 e. The molecule has 1 unspecified atom stereocenters. The lowest BCUT2D eigenvalue weighted by atomic mass is 10.1. The van der Waals surface area contributed by atoms with Crippen molar-refractivity contribution in [1.29, 1.82) is 0 Å². The molecule has 152 valence electrons. The molecule has 30 heavy (non-hydrogen) atoms. The Hall–Kier alpha value is -3.73. The smallest absolute Gasteiger partial charge is 0.333 e. The highest BCUT2D eigenvalue weighted by atomic mass is 16.5. The van der Waals surface area contributed by atoms with E-state index in [0.29, 0.717) is 16.7 Å². The summed E-state index contributed by atoms with van der Waals surface area (Å²) in [5, 5.41) is 2.70. The number of benzene rings is 3. The maximum absolute atomic E-state index is 12.8. The van der Waals surface area contributed by atoms with Crippen LogP contribution in [-0.2, 0) is 16.0 Å². The summed E-state index contributed by atoms with van der Waals surface area (Å²) in [6.45, 7) is 1.64. The van der Waals surface area contributed by atoms with E-state index in [-0.39, 0.29) is 5.78 Å². The SMILES string of the molecule is CCc1ccc(C(=O)COC(=O)C(NC(=O)c2ccccc2)c2ccccc2)cc1. The van der Waals surface area contributed by atoms with Crippen LogP contribution in [0.2, 0.25) is 0 Å². The average Bonchev–Trinajstić information content (AvgIpc) is 2.81. The molecule has 1 amide bonds. The minimum Gasteiger partial charge on any atom is -0.455 e. The van der Waals surface area contributed by atoms with Crippen molar-refractivity contribution in [3.05, 3.63) is 107 Å². The van der Waals surface area contributed by atoms with Gasteiger partial charge >= 0.3 is 5.97 Å². The van der Waals surface area contributed by atoms with Crippen LogP contribution in [0.5, 0.6) is 0 Å². The van der Waals surface area contributed by atoms with Crippen LogP contribution in [-0.4, -0.2) is 24.3 Å². The predicted molar refractivity (Wildman–Crippen MR) is 114 cm³/mol. The van der Waals surface area contributed by atoms with Crippen molar-refractivity contribution in [2.45, 2.75) is 19.4 Å². The summed E-state index contributed by atoms with van der Waals surface area (Å²) >= 11 is 0. The Morgan fingerprint density at radius 1 is 0.800 bits per heavy atom. The number of hydrogen-bond donors (Lipinski definition) is 1. The summed E-state index contributed by atoms with van der Waals surface area (Å²) < 4.78 is 5.26. The Labute approximate surface area is 175 Å². The lowest BCUT2D eigenvalue weighted by molar-refractivity contribution is -0.145. The quantitative estimate of drug-likeness (QED) is 0.455. The third-order valence-electron chi connectivity index (χ3n) is 4.71. The average molecular weight is 401 g/mol. The molecule has 0 aliphatic rings. The van der Waals surface area contributed by atoms with E-state index >= 15 is 0 Å². The number of nitrogens with one attached hydrogen (secondary N) is 1. The largest absolute Gasteiger partial charge is 0.455 e. The van der Waals surface area contributed by atoms with Crippen LogP contribution in [0, 0.1) is 0 Å². The number of esters is 1. The molecule has 0 fully saturated rings. The van der Waals surface area contributed by atoms with Gasteiger partial charge in [0.25, 0.3) is 5.91 Å². The molecule has 3 aromatic carbocycles. The second-order valence-electron chi connectivity index (χ2n) is 6.76. The monoisotopic (exact) mass is 401 g/mol. The molecule has 1 N–H and O–H groups in total. The van der Waals surface area contributed by atoms with Crippen molar-refractivity contribution in [3.8, 4) is 0 Å². The second kappa shape index (κ2) is 10.2. The molecular formula is C25H23NO4. The van der Waals surface area contributed by atoms with Gasteiger partial charge in [-0.15, -0.1) is 0 Å². The van der Waals surface area contributed by atoms with Gasteiger partial charge in [0, 0.05) is 11.1 Å². The highest BCUT2D eigenvalue weighted by Crippen LogP contribution is 2.16. The maximum atomic E-state index is 12.8.